The summed E-state index contributed by atoms with van der Waals surface area (Å²) in [6.45, 7) is 2.20. The highest BCUT2D eigenvalue weighted by Gasteiger charge is 2.34. The fourth-order valence-electron chi connectivity index (χ4n) is 2.36. The molecular weight excluding hydrogens is 210 g/mol. The van der Waals surface area contributed by atoms with Crippen molar-refractivity contribution in [1.29, 1.82) is 0 Å². The van der Waals surface area contributed by atoms with Crippen LogP contribution >= 0.6 is 11.6 Å². The minimum atomic E-state index is 0.279. The van der Waals surface area contributed by atoms with Crippen molar-refractivity contribution in [2.24, 2.45) is 5.92 Å². The van der Waals surface area contributed by atoms with Crippen LogP contribution in [0.5, 0.6) is 5.75 Å². The molecule has 1 aliphatic carbocycles. The highest BCUT2D eigenvalue weighted by molar-refractivity contribution is 6.21. The molecule has 0 amide bonds. The first-order valence-corrected chi connectivity index (χ1v) is 5.80. The molecule has 15 heavy (non-hydrogen) atoms. The Kier molecular flexibility index (Phi) is 3.15. The number of nitrogens with zero attached hydrogens (tertiary/aromatic N) is 1. The Balaban J connectivity index is 2.29. The molecule has 3 unspecified atom stereocenters. The van der Waals surface area contributed by atoms with Gasteiger partial charge in [-0.05, 0) is 30.9 Å². The zero-order chi connectivity index (χ0) is 10.8. The van der Waals surface area contributed by atoms with Crippen LogP contribution in [0, 0.1) is 5.92 Å². The van der Waals surface area contributed by atoms with Crippen molar-refractivity contribution in [1.82, 2.24) is 4.98 Å². The van der Waals surface area contributed by atoms with E-state index in [1.165, 1.54) is 0 Å². The summed E-state index contributed by atoms with van der Waals surface area (Å²) in [4.78, 5) is 4.43. The number of methoxy groups -OCH3 is 1. The van der Waals surface area contributed by atoms with Gasteiger partial charge in [0, 0.05) is 17.5 Å². The van der Waals surface area contributed by atoms with Gasteiger partial charge in [0.1, 0.15) is 5.75 Å². The van der Waals surface area contributed by atoms with Gasteiger partial charge in [-0.25, -0.2) is 0 Å². The van der Waals surface area contributed by atoms with Gasteiger partial charge < -0.3 is 4.74 Å². The Bertz CT molecular complexity index is 342. The van der Waals surface area contributed by atoms with Crippen molar-refractivity contribution in [2.75, 3.05) is 7.11 Å². The summed E-state index contributed by atoms with van der Waals surface area (Å²) in [5.74, 6) is 1.82. The molecule has 1 aromatic rings. The summed E-state index contributed by atoms with van der Waals surface area (Å²) in [5, 5.41) is 0.279. The number of halogens is 1. The number of alkyl halides is 1. The van der Waals surface area contributed by atoms with E-state index in [4.69, 9.17) is 16.3 Å². The molecular formula is C12H16ClNO. The van der Waals surface area contributed by atoms with Gasteiger partial charge in [0.2, 0.25) is 0 Å². The Morgan fingerprint density at radius 3 is 2.87 bits per heavy atom. The largest absolute Gasteiger partial charge is 0.495 e. The van der Waals surface area contributed by atoms with Crippen molar-refractivity contribution in [3.63, 3.8) is 0 Å². The smallest absolute Gasteiger partial charge is 0.140 e. The lowest BCUT2D eigenvalue weighted by Crippen LogP contribution is -2.11. The average Bonchev–Trinajstić information content (AvgIpc) is 2.60. The molecule has 0 saturated heterocycles. The lowest BCUT2D eigenvalue weighted by molar-refractivity contribution is 0.394. The normalized spacial score (nSPS) is 30.5. The zero-order valence-electron chi connectivity index (χ0n) is 9.11. The summed E-state index contributed by atoms with van der Waals surface area (Å²) in [7, 11) is 1.69. The van der Waals surface area contributed by atoms with Crippen molar-refractivity contribution in [3.8, 4) is 5.75 Å². The number of ether oxygens (including phenoxy) is 1. The Morgan fingerprint density at radius 2 is 2.27 bits per heavy atom. The molecule has 0 N–H and O–H groups in total. The SMILES string of the molecule is COc1cccnc1C1CCC(Cl)C1C. The molecule has 1 aliphatic rings. The van der Waals surface area contributed by atoms with E-state index in [1.807, 2.05) is 18.3 Å². The third kappa shape index (κ3) is 1.96. The number of aromatic nitrogens is 1. The molecule has 0 aromatic carbocycles. The van der Waals surface area contributed by atoms with E-state index in [-0.39, 0.29) is 5.38 Å². The van der Waals surface area contributed by atoms with Crippen LogP contribution in [0.4, 0.5) is 0 Å². The summed E-state index contributed by atoms with van der Waals surface area (Å²) in [5.41, 5.74) is 1.07. The van der Waals surface area contributed by atoms with Crippen LogP contribution in [0.25, 0.3) is 0 Å². The number of pyridine rings is 1. The highest BCUT2D eigenvalue weighted by Crippen LogP contribution is 2.43. The molecule has 82 valence electrons. The lowest BCUT2D eigenvalue weighted by Gasteiger charge is -2.18. The first-order chi connectivity index (χ1) is 7.24. The van der Waals surface area contributed by atoms with Crippen molar-refractivity contribution >= 4 is 11.6 Å². The van der Waals surface area contributed by atoms with Gasteiger partial charge in [0.05, 0.1) is 12.8 Å². The Hall–Kier alpha value is -0.760. The second-order valence-corrected chi connectivity index (χ2v) is 4.71. The fourth-order valence-corrected chi connectivity index (χ4v) is 2.66. The van der Waals surface area contributed by atoms with Crippen molar-refractivity contribution in [3.05, 3.63) is 24.0 Å². The molecule has 0 aliphatic heterocycles. The van der Waals surface area contributed by atoms with Gasteiger partial charge in [-0.3, -0.25) is 4.98 Å². The second-order valence-electron chi connectivity index (χ2n) is 4.15. The first kappa shape index (κ1) is 10.7. The Morgan fingerprint density at radius 1 is 1.47 bits per heavy atom. The third-order valence-electron chi connectivity index (χ3n) is 3.33. The van der Waals surface area contributed by atoms with Crippen LogP contribution in [0.15, 0.2) is 18.3 Å². The summed E-state index contributed by atoms with van der Waals surface area (Å²) in [6.07, 6.45) is 4.02. The molecule has 2 rings (SSSR count). The van der Waals surface area contributed by atoms with Crippen LogP contribution in [0.3, 0.4) is 0 Å². The summed E-state index contributed by atoms with van der Waals surface area (Å²) < 4.78 is 5.34. The van der Waals surface area contributed by atoms with Gasteiger partial charge in [-0.2, -0.15) is 0 Å². The predicted molar refractivity (Wildman–Crippen MR) is 61.6 cm³/mol. The fraction of sp³-hybridized carbons (Fsp3) is 0.583. The van der Waals surface area contributed by atoms with E-state index < -0.39 is 0 Å². The molecule has 0 spiro atoms. The molecule has 1 heterocycles. The van der Waals surface area contributed by atoms with Crippen LogP contribution in [0.1, 0.15) is 31.4 Å². The van der Waals surface area contributed by atoms with E-state index in [1.54, 1.807) is 7.11 Å². The number of rotatable bonds is 2. The topological polar surface area (TPSA) is 22.1 Å². The standard InChI is InChI=1S/C12H16ClNO/c1-8-9(5-6-10(8)13)12-11(15-2)4-3-7-14-12/h3-4,7-10H,5-6H2,1-2H3. The van der Waals surface area contributed by atoms with E-state index in [0.29, 0.717) is 11.8 Å². The van der Waals surface area contributed by atoms with Gasteiger partial charge >= 0.3 is 0 Å². The minimum absolute atomic E-state index is 0.279. The van der Waals surface area contributed by atoms with Crippen LogP contribution < -0.4 is 4.74 Å². The number of hydrogen-bond donors (Lipinski definition) is 0. The third-order valence-corrected chi connectivity index (χ3v) is 3.95. The van der Waals surface area contributed by atoms with Crippen LogP contribution in [0.2, 0.25) is 0 Å². The minimum Gasteiger partial charge on any atom is -0.495 e. The molecule has 2 nitrogen and oxygen atoms in total. The van der Waals surface area contributed by atoms with Gasteiger partial charge in [-0.1, -0.05) is 6.92 Å². The molecule has 1 fully saturated rings. The van der Waals surface area contributed by atoms with Crippen molar-refractivity contribution in [2.45, 2.75) is 31.1 Å². The molecule has 1 aromatic heterocycles. The van der Waals surface area contributed by atoms with Gasteiger partial charge in [-0.15, -0.1) is 11.6 Å². The van der Waals surface area contributed by atoms with E-state index in [0.717, 1.165) is 24.3 Å². The summed E-state index contributed by atoms with van der Waals surface area (Å²) in [6, 6.07) is 3.87. The summed E-state index contributed by atoms with van der Waals surface area (Å²) >= 11 is 6.23. The second kappa shape index (κ2) is 4.40. The van der Waals surface area contributed by atoms with E-state index in [9.17, 15) is 0 Å². The highest BCUT2D eigenvalue weighted by atomic mass is 35.5. The maximum atomic E-state index is 6.23. The predicted octanol–water partition coefficient (Wildman–Crippen LogP) is 3.21. The maximum Gasteiger partial charge on any atom is 0.140 e. The maximum absolute atomic E-state index is 6.23. The van der Waals surface area contributed by atoms with E-state index in [2.05, 4.69) is 11.9 Å². The number of hydrogen-bond acceptors (Lipinski definition) is 2. The van der Waals surface area contributed by atoms with Crippen LogP contribution in [-0.4, -0.2) is 17.5 Å². The zero-order valence-corrected chi connectivity index (χ0v) is 9.87. The molecule has 3 heteroatoms. The van der Waals surface area contributed by atoms with Crippen molar-refractivity contribution < 1.29 is 4.74 Å². The van der Waals surface area contributed by atoms with Gasteiger partial charge in [0.15, 0.2) is 0 Å². The Labute approximate surface area is 95.6 Å². The average molecular weight is 226 g/mol. The molecule has 3 atom stereocenters. The quantitative estimate of drug-likeness (QED) is 0.722. The van der Waals surface area contributed by atoms with E-state index >= 15 is 0 Å². The molecule has 0 bridgehead atoms. The van der Waals surface area contributed by atoms with Gasteiger partial charge in [0.25, 0.3) is 0 Å². The lowest BCUT2D eigenvalue weighted by atomic mass is 9.93. The molecule has 1 saturated carbocycles. The monoisotopic (exact) mass is 225 g/mol. The first-order valence-electron chi connectivity index (χ1n) is 5.37. The molecule has 0 radical (unpaired) electrons. The van der Waals surface area contributed by atoms with Crippen LogP contribution in [-0.2, 0) is 0 Å².